The standard InChI is InChI=1S/C21H26ClN3O3/c22-19-4-2-1-3-18(19)20-6-5-17(28-20)15-23-7-9-25(10-8-23)21(26)16-24-11-13-27-14-12-24/h1-6H,7-16H2. The van der Waals surface area contributed by atoms with Crippen LogP contribution in [0.25, 0.3) is 11.3 Å². The highest BCUT2D eigenvalue weighted by Gasteiger charge is 2.24. The first-order valence-corrected chi connectivity index (χ1v) is 10.2. The zero-order valence-electron chi connectivity index (χ0n) is 16.0. The van der Waals surface area contributed by atoms with Crippen molar-refractivity contribution in [3.05, 3.63) is 47.2 Å². The lowest BCUT2D eigenvalue weighted by molar-refractivity contribution is -0.135. The van der Waals surface area contributed by atoms with Crippen LogP contribution >= 0.6 is 11.6 Å². The number of furan rings is 1. The Bertz CT molecular complexity index is 796. The van der Waals surface area contributed by atoms with Gasteiger partial charge in [-0.05, 0) is 24.3 Å². The molecule has 2 saturated heterocycles. The van der Waals surface area contributed by atoms with Crippen molar-refractivity contribution in [2.45, 2.75) is 6.54 Å². The minimum atomic E-state index is 0.223. The minimum absolute atomic E-state index is 0.223. The topological polar surface area (TPSA) is 49.2 Å². The fourth-order valence-corrected chi connectivity index (χ4v) is 3.92. The number of amides is 1. The second-order valence-corrected chi connectivity index (χ2v) is 7.70. The average Bonchev–Trinajstić information content (AvgIpc) is 3.18. The number of benzene rings is 1. The fourth-order valence-electron chi connectivity index (χ4n) is 3.70. The maximum Gasteiger partial charge on any atom is 0.236 e. The number of carbonyl (C=O) groups excluding carboxylic acids is 1. The number of hydrogen-bond acceptors (Lipinski definition) is 5. The van der Waals surface area contributed by atoms with Crippen LogP contribution in [0.3, 0.4) is 0 Å². The molecule has 0 aliphatic carbocycles. The van der Waals surface area contributed by atoms with Crippen molar-refractivity contribution in [1.29, 1.82) is 0 Å². The highest BCUT2D eigenvalue weighted by atomic mass is 35.5. The number of rotatable bonds is 5. The van der Waals surface area contributed by atoms with Crippen molar-refractivity contribution in [1.82, 2.24) is 14.7 Å². The molecule has 1 aromatic carbocycles. The van der Waals surface area contributed by atoms with Gasteiger partial charge in [0.15, 0.2) is 0 Å². The molecule has 0 unspecified atom stereocenters. The Hall–Kier alpha value is -1.86. The highest BCUT2D eigenvalue weighted by molar-refractivity contribution is 6.33. The smallest absolute Gasteiger partial charge is 0.236 e. The van der Waals surface area contributed by atoms with E-state index in [1.54, 1.807) is 0 Å². The van der Waals surface area contributed by atoms with Crippen LogP contribution in [-0.4, -0.2) is 79.6 Å². The summed E-state index contributed by atoms with van der Waals surface area (Å²) in [5.74, 6) is 1.93. The van der Waals surface area contributed by atoms with E-state index in [2.05, 4.69) is 9.80 Å². The highest BCUT2D eigenvalue weighted by Crippen LogP contribution is 2.29. The Morgan fingerprint density at radius 3 is 2.43 bits per heavy atom. The quantitative estimate of drug-likeness (QED) is 0.768. The zero-order valence-corrected chi connectivity index (χ0v) is 16.7. The predicted octanol–water partition coefficient (Wildman–Crippen LogP) is 2.58. The van der Waals surface area contributed by atoms with Crippen molar-refractivity contribution >= 4 is 17.5 Å². The van der Waals surface area contributed by atoms with Gasteiger partial charge in [0.25, 0.3) is 0 Å². The van der Waals surface area contributed by atoms with Gasteiger partial charge in [0, 0.05) is 44.8 Å². The Morgan fingerprint density at radius 2 is 1.68 bits per heavy atom. The Labute approximate surface area is 170 Å². The number of halogens is 1. The summed E-state index contributed by atoms with van der Waals surface area (Å²) >= 11 is 6.26. The first kappa shape index (κ1) is 19.5. The summed E-state index contributed by atoms with van der Waals surface area (Å²) in [6.07, 6.45) is 0. The van der Waals surface area contributed by atoms with Gasteiger partial charge < -0.3 is 14.1 Å². The number of hydrogen-bond donors (Lipinski definition) is 0. The minimum Gasteiger partial charge on any atom is -0.460 e. The number of nitrogens with zero attached hydrogens (tertiary/aromatic N) is 3. The number of carbonyl (C=O) groups is 1. The van der Waals surface area contributed by atoms with Crippen molar-refractivity contribution in [2.75, 3.05) is 59.0 Å². The molecule has 7 heteroatoms. The molecule has 6 nitrogen and oxygen atoms in total. The summed E-state index contributed by atoms with van der Waals surface area (Å²) in [5.41, 5.74) is 0.911. The summed E-state index contributed by atoms with van der Waals surface area (Å²) in [7, 11) is 0. The molecule has 0 spiro atoms. The van der Waals surface area contributed by atoms with E-state index in [1.165, 1.54) is 0 Å². The molecular formula is C21H26ClN3O3. The second kappa shape index (κ2) is 9.09. The summed E-state index contributed by atoms with van der Waals surface area (Å²) in [4.78, 5) is 19.0. The summed E-state index contributed by atoms with van der Waals surface area (Å²) in [6.45, 7) is 7.63. The number of ether oxygens (including phenoxy) is 1. The molecule has 0 bridgehead atoms. The van der Waals surface area contributed by atoms with Crippen molar-refractivity contribution < 1.29 is 13.9 Å². The molecule has 2 aliphatic rings. The maximum atomic E-state index is 12.5. The van der Waals surface area contributed by atoms with Crippen LogP contribution in [0.5, 0.6) is 0 Å². The van der Waals surface area contributed by atoms with Crippen molar-refractivity contribution in [3.8, 4) is 11.3 Å². The fraction of sp³-hybridized carbons (Fsp3) is 0.476. The summed E-state index contributed by atoms with van der Waals surface area (Å²) in [6, 6.07) is 11.7. The monoisotopic (exact) mass is 403 g/mol. The summed E-state index contributed by atoms with van der Waals surface area (Å²) in [5, 5.41) is 0.691. The first-order valence-electron chi connectivity index (χ1n) is 9.83. The van der Waals surface area contributed by atoms with Crippen LogP contribution in [0.4, 0.5) is 0 Å². The van der Waals surface area contributed by atoms with E-state index in [9.17, 15) is 4.79 Å². The molecule has 150 valence electrons. The van der Waals surface area contributed by atoms with Crippen molar-refractivity contribution in [2.24, 2.45) is 0 Å². The van der Waals surface area contributed by atoms with Gasteiger partial charge in [-0.25, -0.2) is 0 Å². The van der Waals surface area contributed by atoms with Crippen LogP contribution in [0.1, 0.15) is 5.76 Å². The van der Waals surface area contributed by atoms with Crippen molar-refractivity contribution in [3.63, 3.8) is 0 Å². The van der Waals surface area contributed by atoms with Gasteiger partial charge in [-0.2, -0.15) is 0 Å². The van der Waals surface area contributed by atoms with Gasteiger partial charge in [0.05, 0.1) is 31.3 Å². The molecule has 1 amide bonds. The normalized spacial score (nSPS) is 19.1. The summed E-state index contributed by atoms with van der Waals surface area (Å²) < 4.78 is 11.3. The van der Waals surface area contributed by atoms with Gasteiger partial charge in [0.2, 0.25) is 5.91 Å². The molecule has 28 heavy (non-hydrogen) atoms. The lowest BCUT2D eigenvalue weighted by Gasteiger charge is -2.36. The van der Waals surface area contributed by atoms with E-state index in [0.717, 1.165) is 76.1 Å². The number of piperazine rings is 1. The van der Waals surface area contributed by atoms with Crippen LogP contribution in [0.2, 0.25) is 5.02 Å². The number of morpholine rings is 1. The van der Waals surface area contributed by atoms with E-state index in [0.29, 0.717) is 11.6 Å². The van der Waals surface area contributed by atoms with Gasteiger partial charge >= 0.3 is 0 Å². The van der Waals surface area contributed by atoms with E-state index < -0.39 is 0 Å². The molecule has 0 N–H and O–H groups in total. The van der Waals surface area contributed by atoms with Gasteiger partial charge in [-0.15, -0.1) is 0 Å². The van der Waals surface area contributed by atoms with E-state index >= 15 is 0 Å². The van der Waals surface area contributed by atoms with Crippen LogP contribution in [0, 0.1) is 0 Å². The van der Waals surface area contributed by atoms with E-state index in [1.807, 2.05) is 41.3 Å². The van der Waals surface area contributed by atoms with Crippen LogP contribution in [-0.2, 0) is 16.1 Å². The third kappa shape index (κ3) is 4.75. The van der Waals surface area contributed by atoms with E-state index in [-0.39, 0.29) is 5.91 Å². The molecule has 1 aromatic heterocycles. The maximum absolute atomic E-state index is 12.5. The Kier molecular flexibility index (Phi) is 6.32. The lowest BCUT2D eigenvalue weighted by atomic mass is 10.2. The first-order chi connectivity index (χ1) is 13.7. The lowest BCUT2D eigenvalue weighted by Crippen LogP contribution is -2.51. The third-order valence-electron chi connectivity index (χ3n) is 5.37. The molecule has 0 radical (unpaired) electrons. The van der Waals surface area contributed by atoms with Crippen LogP contribution in [0.15, 0.2) is 40.8 Å². The third-order valence-corrected chi connectivity index (χ3v) is 5.70. The van der Waals surface area contributed by atoms with Gasteiger partial charge in [-0.1, -0.05) is 23.7 Å². The largest absolute Gasteiger partial charge is 0.460 e. The molecule has 2 aromatic rings. The second-order valence-electron chi connectivity index (χ2n) is 7.29. The molecule has 2 aliphatic heterocycles. The molecule has 3 heterocycles. The molecular weight excluding hydrogens is 378 g/mol. The molecule has 2 fully saturated rings. The van der Waals surface area contributed by atoms with Gasteiger partial charge in [0.1, 0.15) is 11.5 Å². The zero-order chi connectivity index (χ0) is 19.3. The Morgan fingerprint density at radius 1 is 0.929 bits per heavy atom. The molecule has 4 rings (SSSR count). The predicted molar refractivity (Wildman–Crippen MR) is 108 cm³/mol. The van der Waals surface area contributed by atoms with Crippen LogP contribution < -0.4 is 0 Å². The molecule has 0 atom stereocenters. The SMILES string of the molecule is O=C(CN1CCOCC1)N1CCN(Cc2ccc(-c3ccccc3Cl)o2)CC1. The Balaban J connectivity index is 1.27. The van der Waals surface area contributed by atoms with Gasteiger partial charge in [-0.3, -0.25) is 14.6 Å². The average molecular weight is 404 g/mol. The molecule has 0 saturated carbocycles. The van der Waals surface area contributed by atoms with E-state index in [4.69, 9.17) is 20.8 Å².